The molecule has 0 aromatic heterocycles. The molecule has 12 heavy (non-hydrogen) atoms. The number of nitrogens with zero attached hydrogens (tertiary/aromatic N) is 1. The van der Waals surface area contributed by atoms with Crippen molar-refractivity contribution in [2.75, 3.05) is 11.5 Å². The van der Waals surface area contributed by atoms with Gasteiger partial charge in [0, 0.05) is 22.3 Å². The van der Waals surface area contributed by atoms with E-state index >= 15 is 0 Å². The molecule has 0 atom stereocenters. The van der Waals surface area contributed by atoms with Gasteiger partial charge in [-0.25, -0.2) is 0 Å². The van der Waals surface area contributed by atoms with E-state index < -0.39 is 9.06 Å². The third-order valence-electron chi connectivity index (χ3n) is 1.31. The van der Waals surface area contributed by atoms with E-state index in [0.29, 0.717) is 0 Å². The zero-order chi connectivity index (χ0) is 9.45. The smallest absolute Gasteiger partial charge is 0.143 e. The molecule has 0 amide bonds. The summed E-state index contributed by atoms with van der Waals surface area (Å²) >= 11 is 0. The van der Waals surface area contributed by atoms with E-state index in [4.69, 9.17) is 5.26 Å². The number of hydrogen-bond donors (Lipinski definition) is 0. The summed E-state index contributed by atoms with van der Waals surface area (Å²) in [5, 5.41) is 12.6. The van der Waals surface area contributed by atoms with Crippen LogP contribution in [0, 0.1) is 10.7 Å². The monoisotopic (exact) mass is 199 g/mol. The largest absolute Gasteiger partial charge is 0.184 e. The summed E-state index contributed by atoms with van der Waals surface area (Å²) in [6.07, 6.45) is 3.68. The van der Waals surface area contributed by atoms with Crippen LogP contribution in [0.5, 0.6) is 0 Å². The van der Waals surface area contributed by atoms with Gasteiger partial charge in [0.15, 0.2) is 0 Å². The minimum absolute atomic E-state index is 0.834. The third-order valence-corrected chi connectivity index (χ3v) is 6.36. The number of rotatable bonds is 6. The van der Waals surface area contributed by atoms with E-state index in [1.807, 2.05) is 17.6 Å². The second-order valence-electron chi connectivity index (χ2n) is 2.12. The van der Waals surface area contributed by atoms with E-state index in [0.717, 1.165) is 11.5 Å². The topological polar surface area (TPSA) is 23.8 Å². The molecule has 66 valence electrons. The molecule has 0 aliphatic heterocycles. The second kappa shape index (κ2) is 5.99. The molecular formula is C9H13NS2. The Morgan fingerprint density at radius 1 is 1.25 bits per heavy atom. The van der Waals surface area contributed by atoms with Gasteiger partial charge in [0.2, 0.25) is 0 Å². The van der Waals surface area contributed by atoms with Gasteiger partial charge < -0.3 is 0 Å². The standard InChI is InChI=1S/C9H13NS2/c1-4-7-12(6-3,8-5-2)11-9-10/h4-6H,1-3,7-8H2. The van der Waals surface area contributed by atoms with Gasteiger partial charge in [0.1, 0.15) is 5.40 Å². The maximum Gasteiger partial charge on any atom is 0.143 e. The SMILES string of the molecule is C=CCS(C=C)(CC=C)SC#N. The van der Waals surface area contributed by atoms with Crippen LogP contribution < -0.4 is 0 Å². The quantitative estimate of drug-likeness (QED) is 0.372. The predicted octanol–water partition coefficient (Wildman–Crippen LogP) is 3.44. The molecule has 0 rings (SSSR count). The van der Waals surface area contributed by atoms with Gasteiger partial charge in [-0.05, 0) is 5.41 Å². The molecule has 0 unspecified atom stereocenters. The molecule has 0 N–H and O–H groups in total. The van der Waals surface area contributed by atoms with Crippen molar-refractivity contribution in [1.29, 1.82) is 5.26 Å². The minimum Gasteiger partial charge on any atom is -0.184 e. The van der Waals surface area contributed by atoms with Crippen molar-refractivity contribution in [1.82, 2.24) is 0 Å². The minimum atomic E-state index is -1.10. The van der Waals surface area contributed by atoms with E-state index in [2.05, 4.69) is 25.1 Å². The van der Waals surface area contributed by atoms with Crippen molar-refractivity contribution in [2.24, 2.45) is 0 Å². The second-order valence-corrected chi connectivity index (χ2v) is 7.70. The maximum atomic E-state index is 8.60. The molecule has 0 aromatic carbocycles. The van der Waals surface area contributed by atoms with E-state index in [9.17, 15) is 0 Å². The zero-order valence-electron chi connectivity index (χ0n) is 7.03. The van der Waals surface area contributed by atoms with E-state index in [1.165, 1.54) is 10.8 Å². The summed E-state index contributed by atoms with van der Waals surface area (Å²) in [5.74, 6) is 1.67. The fourth-order valence-electron chi connectivity index (χ4n) is 0.779. The molecule has 0 fully saturated rings. The molecule has 1 nitrogen and oxygen atoms in total. The molecule has 0 saturated carbocycles. The molecule has 0 saturated heterocycles. The Kier molecular flexibility index (Phi) is 5.69. The average molecular weight is 199 g/mol. The Hall–Kier alpha value is -0.590. The van der Waals surface area contributed by atoms with Crippen LogP contribution in [-0.4, -0.2) is 11.5 Å². The van der Waals surface area contributed by atoms with Crippen LogP contribution in [0.1, 0.15) is 0 Å². The van der Waals surface area contributed by atoms with Crippen molar-refractivity contribution in [3.05, 3.63) is 37.3 Å². The van der Waals surface area contributed by atoms with Crippen molar-refractivity contribution in [2.45, 2.75) is 0 Å². The molecule has 0 aliphatic carbocycles. The first kappa shape index (κ1) is 11.4. The van der Waals surface area contributed by atoms with Crippen LogP contribution in [0.15, 0.2) is 37.3 Å². The molecule has 0 bridgehead atoms. The van der Waals surface area contributed by atoms with Crippen molar-refractivity contribution < 1.29 is 0 Å². The van der Waals surface area contributed by atoms with E-state index in [1.54, 1.807) is 0 Å². The Morgan fingerprint density at radius 2 is 1.75 bits per heavy atom. The van der Waals surface area contributed by atoms with Gasteiger partial charge in [-0.1, -0.05) is 18.7 Å². The first-order chi connectivity index (χ1) is 5.74. The van der Waals surface area contributed by atoms with Crippen LogP contribution in [0.4, 0.5) is 0 Å². The summed E-state index contributed by atoms with van der Waals surface area (Å²) in [6.45, 7) is 11.1. The van der Waals surface area contributed by atoms with Crippen LogP contribution in [0.25, 0.3) is 0 Å². The van der Waals surface area contributed by atoms with Crippen molar-refractivity contribution >= 4 is 19.9 Å². The Balaban J connectivity index is 4.49. The van der Waals surface area contributed by atoms with Gasteiger partial charge in [-0.2, -0.15) is 14.3 Å². The Morgan fingerprint density at radius 3 is 2.00 bits per heavy atom. The van der Waals surface area contributed by atoms with Crippen LogP contribution >= 0.6 is 19.9 Å². The Labute approximate surface area is 79.6 Å². The van der Waals surface area contributed by atoms with Crippen LogP contribution in [-0.2, 0) is 0 Å². The van der Waals surface area contributed by atoms with Gasteiger partial charge in [0.05, 0.1) is 0 Å². The molecule has 0 aromatic rings. The lowest BCUT2D eigenvalue weighted by atomic mass is 10.8. The van der Waals surface area contributed by atoms with Crippen molar-refractivity contribution in [3.8, 4) is 5.40 Å². The van der Waals surface area contributed by atoms with Crippen molar-refractivity contribution in [3.63, 3.8) is 0 Å². The first-order valence-corrected chi connectivity index (χ1v) is 6.82. The zero-order valence-corrected chi connectivity index (χ0v) is 8.66. The summed E-state index contributed by atoms with van der Waals surface area (Å²) in [5.41, 5.74) is 0. The summed E-state index contributed by atoms with van der Waals surface area (Å²) in [4.78, 5) is 0. The molecule has 0 spiro atoms. The third kappa shape index (κ3) is 3.21. The molecule has 3 heteroatoms. The van der Waals surface area contributed by atoms with E-state index in [-0.39, 0.29) is 0 Å². The van der Waals surface area contributed by atoms with Crippen LogP contribution in [0.3, 0.4) is 0 Å². The molecule has 0 aliphatic rings. The number of thiocyanates is 1. The highest BCUT2D eigenvalue weighted by Crippen LogP contribution is 2.60. The lowest BCUT2D eigenvalue weighted by Crippen LogP contribution is -1.97. The molecular weight excluding hydrogens is 186 g/mol. The highest BCUT2D eigenvalue weighted by Gasteiger charge is 2.17. The van der Waals surface area contributed by atoms with Gasteiger partial charge in [0.25, 0.3) is 0 Å². The fourth-order valence-corrected chi connectivity index (χ4v) is 3.97. The molecule has 0 heterocycles. The lowest BCUT2D eigenvalue weighted by molar-refractivity contribution is 1.57. The average Bonchev–Trinajstić information content (AvgIpc) is 2.06. The highest BCUT2D eigenvalue weighted by atomic mass is 33.2. The number of nitriles is 1. The van der Waals surface area contributed by atoms with Crippen LogP contribution in [0.2, 0.25) is 0 Å². The maximum absolute atomic E-state index is 8.60. The molecule has 0 radical (unpaired) electrons. The summed E-state index contributed by atoms with van der Waals surface area (Å²) in [6, 6.07) is 0. The number of hydrogen-bond acceptors (Lipinski definition) is 2. The fraction of sp³-hybridized carbons (Fsp3) is 0.222. The lowest BCUT2D eigenvalue weighted by Gasteiger charge is -2.29. The first-order valence-electron chi connectivity index (χ1n) is 3.45. The highest BCUT2D eigenvalue weighted by molar-refractivity contribution is 8.96. The summed E-state index contributed by atoms with van der Waals surface area (Å²) < 4.78 is 0. The van der Waals surface area contributed by atoms with Gasteiger partial charge >= 0.3 is 0 Å². The normalized spacial score (nSPS) is 11.2. The predicted molar refractivity (Wildman–Crippen MR) is 61.1 cm³/mol. The van der Waals surface area contributed by atoms with Gasteiger partial charge in [-0.15, -0.1) is 13.2 Å². The summed E-state index contributed by atoms with van der Waals surface area (Å²) in [7, 11) is 0.200. The Bertz CT molecular complexity index is 205. The van der Waals surface area contributed by atoms with Gasteiger partial charge in [-0.3, -0.25) is 0 Å².